The molecule has 1 atom stereocenters. The van der Waals surface area contributed by atoms with Gasteiger partial charge in [-0.25, -0.2) is 4.39 Å². The van der Waals surface area contributed by atoms with E-state index in [1.54, 1.807) is 0 Å². The molecule has 1 aromatic carbocycles. The Morgan fingerprint density at radius 2 is 2.35 bits per heavy atom. The smallest absolute Gasteiger partial charge is 0.282 e. The monoisotopic (exact) mass is 295 g/mol. The fourth-order valence-electron chi connectivity index (χ4n) is 1.91. The van der Waals surface area contributed by atoms with Gasteiger partial charge in [-0.2, -0.15) is 17.0 Å². The van der Waals surface area contributed by atoms with Crippen LogP contribution in [0, 0.1) is 27.3 Å². The Hall–Kier alpha value is -2.14. The molecule has 1 aromatic rings. The summed E-state index contributed by atoms with van der Waals surface area (Å²) in [4.78, 5) is 22.2. The number of nitro benzene ring substituents is 1. The highest BCUT2D eigenvalue weighted by Crippen LogP contribution is 2.28. The van der Waals surface area contributed by atoms with Crippen LogP contribution in [-0.2, 0) is 0 Å². The Morgan fingerprint density at radius 1 is 1.60 bits per heavy atom. The van der Waals surface area contributed by atoms with Crippen LogP contribution in [0.25, 0.3) is 0 Å². The minimum atomic E-state index is -1.04. The van der Waals surface area contributed by atoms with E-state index in [4.69, 9.17) is 5.26 Å². The number of hydrogen-bond donors (Lipinski definition) is 1. The first-order valence-electron chi connectivity index (χ1n) is 5.73. The van der Waals surface area contributed by atoms with Gasteiger partial charge >= 0.3 is 0 Å². The van der Waals surface area contributed by atoms with Gasteiger partial charge in [-0.3, -0.25) is 14.9 Å². The van der Waals surface area contributed by atoms with E-state index in [0.29, 0.717) is 12.2 Å². The predicted octanol–water partition coefficient (Wildman–Crippen LogP) is 1.86. The molecule has 1 aliphatic rings. The Balaban J connectivity index is 2.32. The molecular weight excluding hydrogens is 285 g/mol. The second-order valence-electron chi connectivity index (χ2n) is 4.37. The standard InChI is InChI=1S/C12H10FN3O3S/c13-8-1-2-10(16(18)19)9(5-8)11(17)15-12(6-14)3-4-20-7-12/h1-2,5H,3-4,7H2,(H,15,17). The maximum Gasteiger partial charge on any atom is 0.282 e. The minimum absolute atomic E-state index is 0.374. The summed E-state index contributed by atoms with van der Waals surface area (Å²) in [5.41, 5.74) is -1.90. The number of nitrogens with one attached hydrogen (secondary N) is 1. The van der Waals surface area contributed by atoms with Crippen molar-refractivity contribution in [2.45, 2.75) is 12.0 Å². The second kappa shape index (κ2) is 5.46. The molecule has 1 unspecified atom stereocenters. The number of carbonyl (C=O) groups is 1. The molecule has 8 heteroatoms. The van der Waals surface area contributed by atoms with Crippen LogP contribution in [0.1, 0.15) is 16.8 Å². The van der Waals surface area contributed by atoms with Crippen LogP contribution < -0.4 is 5.32 Å². The van der Waals surface area contributed by atoms with Crippen LogP contribution in [0.2, 0.25) is 0 Å². The molecule has 2 rings (SSSR count). The predicted molar refractivity (Wildman–Crippen MR) is 70.8 cm³/mol. The summed E-state index contributed by atoms with van der Waals surface area (Å²) in [6.45, 7) is 0. The van der Waals surface area contributed by atoms with E-state index in [1.165, 1.54) is 11.8 Å². The number of nitrogens with zero attached hydrogens (tertiary/aromatic N) is 2. The fourth-order valence-corrected chi connectivity index (χ4v) is 3.18. The third-order valence-corrected chi connectivity index (χ3v) is 4.18. The minimum Gasteiger partial charge on any atom is -0.333 e. The molecule has 0 aliphatic carbocycles. The van der Waals surface area contributed by atoms with Crippen molar-refractivity contribution < 1.29 is 14.1 Å². The summed E-state index contributed by atoms with van der Waals surface area (Å²) in [6, 6.07) is 4.69. The van der Waals surface area contributed by atoms with Gasteiger partial charge < -0.3 is 5.32 Å². The van der Waals surface area contributed by atoms with Gasteiger partial charge in [0.2, 0.25) is 0 Å². The summed E-state index contributed by atoms with van der Waals surface area (Å²) in [6.07, 6.45) is 0.461. The van der Waals surface area contributed by atoms with Crippen molar-refractivity contribution >= 4 is 23.4 Å². The van der Waals surface area contributed by atoms with Crippen LogP contribution in [0.5, 0.6) is 0 Å². The molecule has 1 heterocycles. The lowest BCUT2D eigenvalue weighted by Gasteiger charge is -2.21. The molecular formula is C12H10FN3O3S. The number of nitriles is 1. The van der Waals surface area contributed by atoms with Crippen molar-refractivity contribution in [2.75, 3.05) is 11.5 Å². The first-order valence-corrected chi connectivity index (χ1v) is 6.88. The fraction of sp³-hybridized carbons (Fsp3) is 0.333. The molecule has 1 saturated heterocycles. The highest BCUT2D eigenvalue weighted by Gasteiger charge is 2.37. The van der Waals surface area contributed by atoms with Crippen LogP contribution in [0.3, 0.4) is 0 Å². The highest BCUT2D eigenvalue weighted by molar-refractivity contribution is 7.99. The number of hydrogen-bond acceptors (Lipinski definition) is 5. The molecule has 1 N–H and O–H groups in total. The van der Waals surface area contributed by atoms with Crippen LogP contribution in [0.15, 0.2) is 18.2 Å². The van der Waals surface area contributed by atoms with Gasteiger partial charge in [-0.05, 0) is 24.3 Å². The van der Waals surface area contributed by atoms with Crippen molar-refractivity contribution in [3.63, 3.8) is 0 Å². The van der Waals surface area contributed by atoms with Crippen molar-refractivity contribution in [1.29, 1.82) is 5.26 Å². The molecule has 1 amide bonds. The van der Waals surface area contributed by atoms with E-state index in [0.717, 1.165) is 24.0 Å². The van der Waals surface area contributed by atoms with Crippen LogP contribution >= 0.6 is 11.8 Å². The number of thioether (sulfide) groups is 1. The van der Waals surface area contributed by atoms with Crippen molar-refractivity contribution in [3.05, 3.63) is 39.7 Å². The summed E-state index contributed by atoms with van der Waals surface area (Å²) in [5, 5.41) is 22.5. The lowest BCUT2D eigenvalue weighted by atomic mass is 10.00. The molecule has 1 fully saturated rings. The zero-order chi connectivity index (χ0) is 14.8. The van der Waals surface area contributed by atoms with Gasteiger partial charge in [-0.1, -0.05) is 0 Å². The molecule has 104 valence electrons. The van der Waals surface area contributed by atoms with Crippen molar-refractivity contribution in [3.8, 4) is 6.07 Å². The highest BCUT2D eigenvalue weighted by atomic mass is 32.2. The maximum atomic E-state index is 13.2. The lowest BCUT2D eigenvalue weighted by Crippen LogP contribution is -2.47. The first kappa shape index (κ1) is 14.3. The number of halogens is 1. The van der Waals surface area contributed by atoms with Crippen LogP contribution in [0.4, 0.5) is 10.1 Å². The number of amides is 1. The Bertz CT molecular complexity index is 608. The molecule has 0 aromatic heterocycles. The molecule has 0 saturated carbocycles. The maximum absolute atomic E-state index is 13.2. The molecule has 1 aliphatic heterocycles. The Morgan fingerprint density at radius 3 is 2.90 bits per heavy atom. The van der Waals surface area contributed by atoms with Gasteiger partial charge in [0.25, 0.3) is 11.6 Å². The van der Waals surface area contributed by atoms with Gasteiger partial charge in [0.1, 0.15) is 16.9 Å². The quantitative estimate of drug-likeness (QED) is 0.678. The van der Waals surface area contributed by atoms with Gasteiger partial charge in [0.15, 0.2) is 0 Å². The molecule has 0 bridgehead atoms. The molecule has 20 heavy (non-hydrogen) atoms. The van der Waals surface area contributed by atoms with E-state index >= 15 is 0 Å². The number of benzene rings is 1. The second-order valence-corrected chi connectivity index (χ2v) is 5.47. The Kier molecular flexibility index (Phi) is 3.90. The topological polar surface area (TPSA) is 96.0 Å². The third kappa shape index (κ3) is 2.72. The van der Waals surface area contributed by atoms with E-state index in [9.17, 15) is 19.3 Å². The molecule has 6 nitrogen and oxygen atoms in total. The van der Waals surface area contributed by atoms with E-state index in [2.05, 4.69) is 5.32 Å². The zero-order valence-corrected chi connectivity index (χ0v) is 11.1. The van der Waals surface area contributed by atoms with Gasteiger partial charge in [0.05, 0.1) is 11.0 Å². The van der Waals surface area contributed by atoms with E-state index in [1.807, 2.05) is 6.07 Å². The zero-order valence-electron chi connectivity index (χ0n) is 10.3. The Labute approximate surface area is 118 Å². The normalized spacial score (nSPS) is 21.2. The van der Waals surface area contributed by atoms with E-state index < -0.39 is 27.9 Å². The first-order chi connectivity index (χ1) is 9.47. The van der Waals surface area contributed by atoms with Crippen molar-refractivity contribution in [2.24, 2.45) is 0 Å². The number of rotatable bonds is 3. The lowest BCUT2D eigenvalue weighted by molar-refractivity contribution is -0.385. The van der Waals surface area contributed by atoms with E-state index in [-0.39, 0.29) is 5.56 Å². The summed E-state index contributed by atoms with van der Waals surface area (Å²) in [5.74, 6) is -0.412. The SMILES string of the molecule is N#CC1(NC(=O)c2cc(F)ccc2[N+](=O)[O-])CCSC1. The molecule has 0 radical (unpaired) electrons. The average molecular weight is 295 g/mol. The van der Waals surface area contributed by atoms with Crippen molar-refractivity contribution in [1.82, 2.24) is 5.32 Å². The number of carbonyl (C=O) groups excluding carboxylic acids is 1. The number of nitro groups is 1. The van der Waals surface area contributed by atoms with Crippen LogP contribution in [-0.4, -0.2) is 27.9 Å². The average Bonchev–Trinajstić information content (AvgIpc) is 2.87. The molecule has 0 spiro atoms. The summed E-state index contributed by atoms with van der Waals surface area (Å²) in [7, 11) is 0. The van der Waals surface area contributed by atoms with Gasteiger partial charge in [-0.15, -0.1) is 0 Å². The largest absolute Gasteiger partial charge is 0.333 e. The third-order valence-electron chi connectivity index (χ3n) is 2.99. The van der Waals surface area contributed by atoms with Gasteiger partial charge in [0, 0.05) is 11.8 Å². The summed E-state index contributed by atoms with van der Waals surface area (Å²) < 4.78 is 13.2. The summed E-state index contributed by atoms with van der Waals surface area (Å²) >= 11 is 1.51.